The number of ether oxygens (including phenoxy) is 1. The molecule has 1 atom stereocenters. The Morgan fingerprint density at radius 1 is 1.24 bits per heavy atom. The van der Waals surface area contributed by atoms with Crippen LogP contribution in [0.4, 0.5) is 4.79 Å². The van der Waals surface area contributed by atoms with Crippen LogP contribution in [0.2, 0.25) is 0 Å². The van der Waals surface area contributed by atoms with E-state index in [1.165, 1.54) is 0 Å². The maximum Gasteiger partial charge on any atom is 0.407 e. The SMILES string of the molecule is CC(C)CC(SC(=O)CCNC(=O)OC(C)(C)C)C(=O)O. The van der Waals surface area contributed by atoms with Crippen LogP contribution in [-0.2, 0) is 14.3 Å². The number of alkyl carbamates (subject to hydrolysis) is 1. The first kappa shape index (κ1) is 19.8. The molecule has 1 unspecified atom stereocenters. The number of carboxylic acids is 1. The lowest BCUT2D eigenvalue weighted by Crippen LogP contribution is -2.33. The molecule has 0 aliphatic carbocycles. The van der Waals surface area contributed by atoms with Crippen LogP contribution in [0, 0.1) is 5.92 Å². The maximum atomic E-state index is 11.7. The van der Waals surface area contributed by atoms with Crippen LogP contribution in [0.1, 0.15) is 47.5 Å². The summed E-state index contributed by atoms with van der Waals surface area (Å²) in [6.45, 7) is 9.19. The topological polar surface area (TPSA) is 92.7 Å². The molecule has 2 N–H and O–H groups in total. The average Bonchev–Trinajstić information content (AvgIpc) is 2.24. The molecule has 122 valence electrons. The second-order valence-corrected chi connectivity index (χ2v) is 7.39. The zero-order valence-electron chi connectivity index (χ0n) is 13.3. The number of hydrogen-bond donors (Lipinski definition) is 2. The van der Waals surface area contributed by atoms with Crippen molar-refractivity contribution in [3.05, 3.63) is 0 Å². The number of hydrogen-bond acceptors (Lipinski definition) is 5. The number of carbonyl (C=O) groups excluding carboxylic acids is 2. The Labute approximate surface area is 130 Å². The Morgan fingerprint density at radius 2 is 1.81 bits per heavy atom. The summed E-state index contributed by atoms with van der Waals surface area (Å²) in [6.07, 6.45) is -0.0749. The molecule has 0 spiro atoms. The minimum Gasteiger partial charge on any atom is -0.480 e. The Morgan fingerprint density at radius 3 is 2.24 bits per heavy atom. The van der Waals surface area contributed by atoms with Crippen LogP contribution in [0.15, 0.2) is 0 Å². The third-order valence-electron chi connectivity index (χ3n) is 2.23. The van der Waals surface area contributed by atoms with Gasteiger partial charge in [-0.25, -0.2) is 4.79 Å². The number of thioether (sulfide) groups is 1. The third kappa shape index (κ3) is 11.1. The van der Waals surface area contributed by atoms with E-state index < -0.39 is 22.9 Å². The van der Waals surface area contributed by atoms with E-state index in [0.29, 0.717) is 6.42 Å². The third-order valence-corrected chi connectivity index (χ3v) is 3.38. The fourth-order valence-electron chi connectivity index (χ4n) is 1.43. The zero-order chi connectivity index (χ0) is 16.6. The molecule has 0 radical (unpaired) electrons. The highest BCUT2D eigenvalue weighted by atomic mass is 32.2. The van der Waals surface area contributed by atoms with Gasteiger partial charge in [-0.15, -0.1) is 0 Å². The molecule has 1 amide bonds. The van der Waals surface area contributed by atoms with Crippen molar-refractivity contribution >= 4 is 28.9 Å². The highest BCUT2D eigenvalue weighted by Gasteiger charge is 2.23. The summed E-state index contributed by atoms with van der Waals surface area (Å²) in [5.41, 5.74) is -0.589. The van der Waals surface area contributed by atoms with E-state index in [0.717, 1.165) is 11.8 Å². The summed E-state index contributed by atoms with van der Waals surface area (Å²) in [7, 11) is 0. The number of rotatable bonds is 7. The molecule has 0 aromatic rings. The monoisotopic (exact) mass is 319 g/mol. The molecule has 0 rings (SSSR count). The van der Waals surface area contributed by atoms with Crippen molar-refractivity contribution in [2.75, 3.05) is 6.54 Å². The molecule has 7 heteroatoms. The first-order valence-electron chi connectivity index (χ1n) is 6.90. The van der Waals surface area contributed by atoms with E-state index in [-0.39, 0.29) is 24.0 Å². The van der Waals surface area contributed by atoms with Gasteiger partial charge in [0.2, 0.25) is 0 Å². The van der Waals surface area contributed by atoms with Crippen molar-refractivity contribution in [1.29, 1.82) is 0 Å². The van der Waals surface area contributed by atoms with Crippen LogP contribution in [-0.4, -0.2) is 39.7 Å². The van der Waals surface area contributed by atoms with Crippen LogP contribution < -0.4 is 5.32 Å². The van der Waals surface area contributed by atoms with Crippen molar-refractivity contribution in [3.8, 4) is 0 Å². The summed E-state index contributed by atoms with van der Waals surface area (Å²) in [5.74, 6) is -0.784. The fourth-order valence-corrected chi connectivity index (χ4v) is 2.55. The predicted molar refractivity (Wildman–Crippen MR) is 82.3 cm³/mol. The highest BCUT2D eigenvalue weighted by molar-refractivity contribution is 8.14. The van der Waals surface area contributed by atoms with Crippen LogP contribution in [0.3, 0.4) is 0 Å². The lowest BCUT2D eigenvalue weighted by molar-refractivity contribution is -0.136. The van der Waals surface area contributed by atoms with Gasteiger partial charge in [-0.2, -0.15) is 0 Å². The standard InChI is InChI=1S/C14H25NO5S/c1-9(2)8-10(12(17)18)21-11(16)6-7-15-13(19)20-14(3,4)5/h9-10H,6-8H2,1-5H3,(H,15,19)(H,17,18). The smallest absolute Gasteiger partial charge is 0.407 e. The summed E-state index contributed by atoms with van der Waals surface area (Å²) in [6, 6.07) is 0. The van der Waals surface area contributed by atoms with E-state index in [4.69, 9.17) is 9.84 Å². The summed E-state index contributed by atoms with van der Waals surface area (Å²) in [5, 5.41) is 10.5. The average molecular weight is 319 g/mol. The van der Waals surface area contributed by atoms with E-state index in [2.05, 4.69) is 5.32 Å². The Kier molecular flexibility index (Phi) is 8.39. The van der Waals surface area contributed by atoms with Gasteiger partial charge in [-0.05, 0) is 33.1 Å². The minimum absolute atomic E-state index is 0.0752. The Hall–Kier alpha value is -1.24. The lowest BCUT2D eigenvalue weighted by atomic mass is 10.1. The lowest BCUT2D eigenvalue weighted by Gasteiger charge is -2.19. The molecule has 0 saturated heterocycles. The van der Waals surface area contributed by atoms with Crippen molar-refractivity contribution < 1.29 is 24.2 Å². The number of aliphatic carboxylic acids is 1. The molecule has 0 aliphatic heterocycles. The largest absolute Gasteiger partial charge is 0.480 e. The molecule has 0 bridgehead atoms. The molecule has 0 aromatic heterocycles. The number of nitrogens with one attached hydrogen (secondary N) is 1. The van der Waals surface area contributed by atoms with Crippen molar-refractivity contribution in [2.45, 2.75) is 58.3 Å². The van der Waals surface area contributed by atoms with Gasteiger partial charge in [0, 0.05) is 13.0 Å². The number of carboxylic acid groups (broad SMARTS) is 1. The van der Waals surface area contributed by atoms with Gasteiger partial charge in [0.05, 0.1) is 0 Å². The number of carbonyl (C=O) groups is 3. The van der Waals surface area contributed by atoms with Gasteiger partial charge in [-0.1, -0.05) is 25.6 Å². The molecule has 0 aromatic carbocycles. The minimum atomic E-state index is -0.984. The van der Waals surface area contributed by atoms with Crippen molar-refractivity contribution in [1.82, 2.24) is 5.32 Å². The van der Waals surface area contributed by atoms with Gasteiger partial charge in [0.1, 0.15) is 10.9 Å². The molecule has 0 aliphatic rings. The molecule has 0 heterocycles. The van der Waals surface area contributed by atoms with Crippen LogP contribution >= 0.6 is 11.8 Å². The first-order chi connectivity index (χ1) is 9.51. The van der Waals surface area contributed by atoms with E-state index in [9.17, 15) is 14.4 Å². The summed E-state index contributed by atoms with van der Waals surface area (Å²) < 4.78 is 5.03. The Bertz CT molecular complexity index is 376. The molecule has 0 fully saturated rings. The second-order valence-electron chi connectivity index (χ2n) is 6.12. The normalized spacial score (nSPS) is 12.9. The van der Waals surface area contributed by atoms with Crippen molar-refractivity contribution in [3.63, 3.8) is 0 Å². The zero-order valence-corrected chi connectivity index (χ0v) is 14.1. The summed E-state index contributed by atoms with van der Waals surface area (Å²) in [4.78, 5) is 34.1. The van der Waals surface area contributed by atoms with Gasteiger partial charge < -0.3 is 15.2 Å². The molecule has 6 nitrogen and oxygen atoms in total. The fraction of sp³-hybridized carbons (Fsp3) is 0.786. The van der Waals surface area contributed by atoms with E-state index in [1.807, 2.05) is 13.8 Å². The van der Waals surface area contributed by atoms with Crippen LogP contribution in [0.5, 0.6) is 0 Å². The van der Waals surface area contributed by atoms with Crippen molar-refractivity contribution in [2.24, 2.45) is 5.92 Å². The first-order valence-corrected chi connectivity index (χ1v) is 7.78. The summed E-state index contributed by atoms with van der Waals surface area (Å²) >= 11 is 0.815. The molecular formula is C14H25NO5S. The van der Waals surface area contributed by atoms with Gasteiger partial charge >= 0.3 is 12.1 Å². The van der Waals surface area contributed by atoms with E-state index in [1.54, 1.807) is 20.8 Å². The van der Waals surface area contributed by atoms with Gasteiger partial charge in [-0.3, -0.25) is 9.59 Å². The highest BCUT2D eigenvalue weighted by Crippen LogP contribution is 2.21. The van der Waals surface area contributed by atoms with Gasteiger partial charge in [0.25, 0.3) is 0 Å². The predicted octanol–water partition coefficient (Wildman–Crippen LogP) is 2.66. The molecular weight excluding hydrogens is 294 g/mol. The number of amides is 1. The molecule has 0 saturated carbocycles. The second kappa shape index (κ2) is 8.92. The van der Waals surface area contributed by atoms with Gasteiger partial charge in [0.15, 0.2) is 5.12 Å². The quantitative estimate of drug-likeness (QED) is 0.749. The molecule has 21 heavy (non-hydrogen) atoms. The Balaban J connectivity index is 4.09. The van der Waals surface area contributed by atoms with E-state index >= 15 is 0 Å². The maximum absolute atomic E-state index is 11.7. The van der Waals surface area contributed by atoms with Crippen LogP contribution in [0.25, 0.3) is 0 Å².